The van der Waals surface area contributed by atoms with Gasteiger partial charge in [-0.3, -0.25) is 0 Å². The van der Waals surface area contributed by atoms with Crippen LogP contribution in [-0.2, 0) is 9.47 Å². The molecule has 2 aliphatic heterocycles. The topological polar surface area (TPSA) is 33.7 Å². The Balaban J connectivity index is 1.80. The SMILES string of the molecule is C=CCNC(=S)N1CCC2(CC1)OCCO2. The van der Waals surface area contributed by atoms with Gasteiger partial charge in [-0.25, -0.2) is 0 Å². The molecule has 0 aliphatic carbocycles. The van der Waals surface area contributed by atoms with E-state index >= 15 is 0 Å². The molecule has 1 N–H and O–H groups in total. The van der Waals surface area contributed by atoms with E-state index in [0.717, 1.165) is 44.3 Å². The molecule has 1 spiro atoms. The summed E-state index contributed by atoms with van der Waals surface area (Å²) in [5.74, 6) is -0.315. The summed E-state index contributed by atoms with van der Waals surface area (Å²) in [5, 5.41) is 3.94. The average molecular weight is 242 g/mol. The molecule has 4 nitrogen and oxygen atoms in total. The lowest BCUT2D eigenvalue weighted by molar-refractivity contribution is -0.180. The van der Waals surface area contributed by atoms with Gasteiger partial charge in [-0.15, -0.1) is 6.58 Å². The molecule has 0 bridgehead atoms. The van der Waals surface area contributed by atoms with Crippen molar-refractivity contribution < 1.29 is 9.47 Å². The molecule has 0 aromatic rings. The molecule has 2 heterocycles. The number of thiocarbonyl (C=S) groups is 1. The van der Waals surface area contributed by atoms with Crippen molar-refractivity contribution in [1.82, 2.24) is 10.2 Å². The third kappa shape index (κ3) is 2.53. The molecule has 0 atom stereocenters. The first-order valence-corrected chi connectivity index (χ1v) is 6.08. The van der Waals surface area contributed by atoms with Crippen LogP contribution in [-0.4, -0.2) is 48.6 Å². The molecule has 2 rings (SSSR count). The number of hydrogen-bond acceptors (Lipinski definition) is 3. The molecule has 5 heteroatoms. The summed E-state index contributed by atoms with van der Waals surface area (Å²) < 4.78 is 11.3. The van der Waals surface area contributed by atoms with Crippen molar-refractivity contribution in [1.29, 1.82) is 0 Å². The molecular weight excluding hydrogens is 224 g/mol. The van der Waals surface area contributed by atoms with Crippen molar-refractivity contribution in [2.75, 3.05) is 32.8 Å². The van der Waals surface area contributed by atoms with E-state index in [2.05, 4.69) is 16.8 Å². The van der Waals surface area contributed by atoms with Crippen LogP contribution < -0.4 is 5.32 Å². The Morgan fingerprint density at radius 2 is 2.00 bits per heavy atom. The first-order valence-electron chi connectivity index (χ1n) is 5.67. The summed E-state index contributed by atoms with van der Waals surface area (Å²) in [7, 11) is 0. The van der Waals surface area contributed by atoms with E-state index in [1.54, 1.807) is 6.08 Å². The first kappa shape index (κ1) is 11.8. The maximum Gasteiger partial charge on any atom is 0.171 e. The summed E-state index contributed by atoms with van der Waals surface area (Å²) in [5.41, 5.74) is 0. The highest BCUT2D eigenvalue weighted by molar-refractivity contribution is 7.80. The molecule has 0 radical (unpaired) electrons. The van der Waals surface area contributed by atoms with Crippen LogP contribution in [0.15, 0.2) is 12.7 Å². The Kier molecular flexibility index (Phi) is 3.78. The second-order valence-corrected chi connectivity index (χ2v) is 4.46. The van der Waals surface area contributed by atoms with Crippen LogP contribution in [0, 0.1) is 0 Å². The van der Waals surface area contributed by atoms with Crippen molar-refractivity contribution in [3.63, 3.8) is 0 Å². The minimum absolute atomic E-state index is 0.315. The van der Waals surface area contributed by atoms with Crippen LogP contribution in [0.3, 0.4) is 0 Å². The van der Waals surface area contributed by atoms with Gasteiger partial charge in [0, 0.05) is 32.5 Å². The lowest BCUT2D eigenvalue weighted by atomic mass is 10.0. The Morgan fingerprint density at radius 3 is 2.56 bits per heavy atom. The van der Waals surface area contributed by atoms with Crippen molar-refractivity contribution in [3.8, 4) is 0 Å². The minimum atomic E-state index is -0.315. The molecule has 0 aromatic heterocycles. The number of nitrogens with zero attached hydrogens (tertiary/aromatic N) is 1. The van der Waals surface area contributed by atoms with Crippen LogP contribution >= 0.6 is 12.2 Å². The summed E-state index contributed by atoms with van der Waals surface area (Å²) in [6, 6.07) is 0. The Bertz CT molecular complexity index is 267. The maximum atomic E-state index is 5.66. The highest BCUT2D eigenvalue weighted by atomic mass is 32.1. The smallest absolute Gasteiger partial charge is 0.171 e. The molecule has 0 aromatic carbocycles. The van der Waals surface area contributed by atoms with Gasteiger partial charge in [0.25, 0.3) is 0 Å². The Hall–Kier alpha value is -0.650. The first-order chi connectivity index (χ1) is 7.76. The second kappa shape index (κ2) is 5.12. The summed E-state index contributed by atoms with van der Waals surface area (Å²) in [6.07, 6.45) is 3.59. The Morgan fingerprint density at radius 1 is 1.38 bits per heavy atom. The van der Waals surface area contributed by atoms with E-state index in [1.807, 2.05) is 0 Å². The highest BCUT2D eigenvalue weighted by Gasteiger charge is 2.40. The molecule has 90 valence electrons. The lowest BCUT2D eigenvalue weighted by Gasteiger charge is -2.38. The van der Waals surface area contributed by atoms with Crippen LogP contribution in [0.25, 0.3) is 0 Å². The van der Waals surface area contributed by atoms with Crippen LogP contribution in [0.2, 0.25) is 0 Å². The molecule has 2 aliphatic rings. The van der Waals surface area contributed by atoms with E-state index in [4.69, 9.17) is 21.7 Å². The average Bonchev–Trinajstić information content (AvgIpc) is 2.75. The number of ether oxygens (including phenoxy) is 2. The van der Waals surface area contributed by atoms with Crippen LogP contribution in [0.1, 0.15) is 12.8 Å². The Labute approximate surface area is 102 Å². The molecule has 2 fully saturated rings. The van der Waals surface area contributed by atoms with Gasteiger partial charge >= 0.3 is 0 Å². The van der Waals surface area contributed by atoms with Gasteiger partial charge in [-0.05, 0) is 12.2 Å². The number of likely N-dealkylation sites (tertiary alicyclic amines) is 1. The molecular formula is C11H18N2O2S. The van der Waals surface area contributed by atoms with Gasteiger partial charge in [-0.1, -0.05) is 6.08 Å². The van der Waals surface area contributed by atoms with Crippen molar-refractivity contribution in [2.24, 2.45) is 0 Å². The van der Waals surface area contributed by atoms with E-state index in [0.29, 0.717) is 6.54 Å². The summed E-state index contributed by atoms with van der Waals surface area (Å²) in [4.78, 5) is 2.16. The van der Waals surface area contributed by atoms with E-state index < -0.39 is 0 Å². The number of piperidine rings is 1. The molecule has 2 saturated heterocycles. The zero-order valence-electron chi connectivity index (χ0n) is 9.41. The van der Waals surface area contributed by atoms with E-state index in [1.165, 1.54) is 0 Å². The summed E-state index contributed by atoms with van der Waals surface area (Å²) >= 11 is 5.29. The molecule has 0 amide bonds. The quantitative estimate of drug-likeness (QED) is 0.574. The van der Waals surface area contributed by atoms with Crippen LogP contribution in [0.5, 0.6) is 0 Å². The molecule has 0 saturated carbocycles. The predicted molar refractivity (Wildman–Crippen MR) is 66.2 cm³/mol. The highest BCUT2D eigenvalue weighted by Crippen LogP contribution is 2.31. The van der Waals surface area contributed by atoms with Gasteiger partial charge < -0.3 is 19.7 Å². The van der Waals surface area contributed by atoms with Gasteiger partial charge in [0.1, 0.15) is 0 Å². The van der Waals surface area contributed by atoms with Gasteiger partial charge in [0.15, 0.2) is 10.9 Å². The van der Waals surface area contributed by atoms with E-state index in [-0.39, 0.29) is 5.79 Å². The van der Waals surface area contributed by atoms with Gasteiger partial charge in [-0.2, -0.15) is 0 Å². The third-order valence-corrected chi connectivity index (χ3v) is 3.43. The zero-order chi connectivity index (χ0) is 11.4. The number of rotatable bonds is 2. The lowest BCUT2D eigenvalue weighted by Crippen LogP contribution is -2.50. The summed E-state index contributed by atoms with van der Waals surface area (Å²) in [6.45, 7) is 7.60. The largest absolute Gasteiger partial charge is 0.359 e. The standard InChI is InChI=1S/C11H18N2O2S/c1-2-5-12-10(16)13-6-3-11(4-7-13)14-8-9-15-11/h2H,1,3-9H2,(H,12,16). The number of nitrogens with one attached hydrogen (secondary N) is 1. The van der Waals surface area contributed by atoms with Crippen molar-refractivity contribution >= 4 is 17.3 Å². The van der Waals surface area contributed by atoms with Crippen molar-refractivity contribution in [2.45, 2.75) is 18.6 Å². The minimum Gasteiger partial charge on any atom is -0.359 e. The normalized spacial score (nSPS) is 23.4. The fourth-order valence-electron chi connectivity index (χ4n) is 2.11. The number of hydrogen-bond donors (Lipinski definition) is 1. The van der Waals surface area contributed by atoms with Gasteiger partial charge in [0.2, 0.25) is 0 Å². The fraction of sp³-hybridized carbons (Fsp3) is 0.727. The molecule has 16 heavy (non-hydrogen) atoms. The van der Waals surface area contributed by atoms with Gasteiger partial charge in [0.05, 0.1) is 13.2 Å². The maximum absolute atomic E-state index is 5.66. The monoisotopic (exact) mass is 242 g/mol. The third-order valence-electron chi connectivity index (χ3n) is 3.02. The fourth-order valence-corrected chi connectivity index (χ4v) is 2.37. The van der Waals surface area contributed by atoms with Crippen LogP contribution in [0.4, 0.5) is 0 Å². The predicted octanol–water partition coefficient (Wildman–Crippen LogP) is 0.886. The second-order valence-electron chi connectivity index (χ2n) is 4.07. The molecule has 0 unspecified atom stereocenters. The zero-order valence-corrected chi connectivity index (χ0v) is 10.2. The van der Waals surface area contributed by atoms with Crippen molar-refractivity contribution in [3.05, 3.63) is 12.7 Å². The van der Waals surface area contributed by atoms with E-state index in [9.17, 15) is 0 Å².